The van der Waals surface area contributed by atoms with Crippen LogP contribution >= 0.6 is 0 Å². The number of benzene rings is 1. The normalized spacial score (nSPS) is 11.5. The maximum absolute atomic E-state index is 12.5. The first-order valence-corrected chi connectivity index (χ1v) is 6.12. The lowest BCUT2D eigenvalue weighted by molar-refractivity contribution is -0.137. The van der Waals surface area contributed by atoms with E-state index in [1.54, 1.807) is 14.0 Å². The number of aromatic nitrogens is 1. The molecule has 7 heteroatoms. The van der Waals surface area contributed by atoms with E-state index in [0.717, 1.165) is 12.1 Å². The van der Waals surface area contributed by atoms with Crippen LogP contribution in [0.1, 0.15) is 27.4 Å². The molecule has 0 fully saturated rings. The molecule has 0 unspecified atom stereocenters. The average molecular weight is 298 g/mol. The molecule has 0 saturated heterocycles. The van der Waals surface area contributed by atoms with E-state index >= 15 is 0 Å². The van der Waals surface area contributed by atoms with Crippen molar-refractivity contribution >= 4 is 5.91 Å². The van der Waals surface area contributed by atoms with Gasteiger partial charge >= 0.3 is 6.18 Å². The highest BCUT2D eigenvalue weighted by molar-refractivity contribution is 5.92. The second kappa shape index (κ2) is 5.59. The Labute approximate surface area is 119 Å². The standard InChI is InChI=1S/C14H13F3N2O2/c1-9-7-12(18-21-9)13(20)19(2)8-10-3-5-11(6-4-10)14(15,16)17/h3-7H,8H2,1-2H3. The Morgan fingerprint density at radius 1 is 1.29 bits per heavy atom. The minimum atomic E-state index is -4.36. The first-order chi connectivity index (χ1) is 9.77. The van der Waals surface area contributed by atoms with Crippen LogP contribution in [0.5, 0.6) is 0 Å². The van der Waals surface area contributed by atoms with Crippen LogP contribution in [0.2, 0.25) is 0 Å². The molecule has 2 rings (SSSR count). The van der Waals surface area contributed by atoms with Gasteiger partial charge in [0.05, 0.1) is 5.56 Å². The van der Waals surface area contributed by atoms with Gasteiger partial charge in [0.1, 0.15) is 5.76 Å². The monoisotopic (exact) mass is 298 g/mol. The summed E-state index contributed by atoms with van der Waals surface area (Å²) in [5.74, 6) is 0.160. The molecular formula is C14H13F3N2O2. The third kappa shape index (κ3) is 3.62. The summed E-state index contributed by atoms with van der Waals surface area (Å²) in [5.41, 5.74) is 0.0494. The lowest BCUT2D eigenvalue weighted by atomic mass is 10.1. The molecule has 0 N–H and O–H groups in total. The predicted molar refractivity (Wildman–Crippen MR) is 68.5 cm³/mol. The number of alkyl halides is 3. The molecule has 1 aromatic carbocycles. The molecule has 0 aliphatic rings. The van der Waals surface area contributed by atoms with Crippen molar-refractivity contribution in [3.63, 3.8) is 0 Å². The fourth-order valence-electron chi connectivity index (χ4n) is 1.81. The SMILES string of the molecule is Cc1cc(C(=O)N(C)Cc2ccc(C(F)(F)F)cc2)no1. The van der Waals surface area contributed by atoms with Crippen LogP contribution in [0.4, 0.5) is 13.2 Å². The first-order valence-electron chi connectivity index (χ1n) is 6.12. The predicted octanol–water partition coefficient (Wildman–Crippen LogP) is 3.27. The van der Waals surface area contributed by atoms with Gasteiger partial charge in [-0.1, -0.05) is 17.3 Å². The first kappa shape index (κ1) is 15.1. The maximum Gasteiger partial charge on any atom is 0.416 e. The average Bonchev–Trinajstić information content (AvgIpc) is 2.84. The molecule has 1 heterocycles. The Kier molecular flexibility index (Phi) is 4.02. The zero-order chi connectivity index (χ0) is 15.6. The number of rotatable bonds is 3. The fourth-order valence-corrected chi connectivity index (χ4v) is 1.81. The summed E-state index contributed by atoms with van der Waals surface area (Å²) < 4.78 is 42.2. The number of hydrogen-bond acceptors (Lipinski definition) is 3. The van der Waals surface area contributed by atoms with Crippen molar-refractivity contribution in [1.29, 1.82) is 0 Å². The van der Waals surface area contributed by atoms with Crippen molar-refractivity contribution in [3.8, 4) is 0 Å². The van der Waals surface area contributed by atoms with Crippen molar-refractivity contribution in [1.82, 2.24) is 10.1 Å². The second-order valence-electron chi connectivity index (χ2n) is 4.68. The van der Waals surface area contributed by atoms with Gasteiger partial charge in [0, 0.05) is 19.7 Å². The Hall–Kier alpha value is -2.31. The fraction of sp³-hybridized carbons (Fsp3) is 0.286. The van der Waals surface area contributed by atoms with Crippen LogP contribution in [0.25, 0.3) is 0 Å². The van der Waals surface area contributed by atoms with Gasteiger partial charge in [0.25, 0.3) is 5.91 Å². The van der Waals surface area contributed by atoms with E-state index in [9.17, 15) is 18.0 Å². The summed E-state index contributed by atoms with van der Waals surface area (Å²) >= 11 is 0. The van der Waals surface area contributed by atoms with Crippen LogP contribution in [0.3, 0.4) is 0 Å². The van der Waals surface area contributed by atoms with Crippen LogP contribution in [-0.4, -0.2) is 23.0 Å². The van der Waals surface area contributed by atoms with Crippen LogP contribution in [-0.2, 0) is 12.7 Å². The molecule has 0 spiro atoms. The molecule has 0 aliphatic carbocycles. The van der Waals surface area contributed by atoms with Crippen LogP contribution < -0.4 is 0 Å². The highest BCUT2D eigenvalue weighted by atomic mass is 19.4. The summed E-state index contributed by atoms with van der Waals surface area (Å²) in [5, 5.41) is 3.61. The number of aryl methyl sites for hydroxylation is 1. The zero-order valence-electron chi connectivity index (χ0n) is 11.4. The van der Waals surface area contributed by atoms with E-state index in [1.807, 2.05) is 0 Å². The van der Waals surface area contributed by atoms with Gasteiger partial charge in [-0.2, -0.15) is 13.2 Å². The molecular weight excluding hydrogens is 285 g/mol. The molecule has 0 saturated carbocycles. The van der Waals surface area contributed by atoms with Gasteiger partial charge in [-0.05, 0) is 24.6 Å². The van der Waals surface area contributed by atoms with Gasteiger partial charge in [0.2, 0.25) is 0 Å². The molecule has 1 amide bonds. The van der Waals surface area contributed by atoms with Crippen molar-refractivity contribution < 1.29 is 22.5 Å². The van der Waals surface area contributed by atoms with Crippen molar-refractivity contribution in [2.75, 3.05) is 7.05 Å². The Bertz CT molecular complexity index is 632. The molecule has 112 valence electrons. The van der Waals surface area contributed by atoms with Gasteiger partial charge in [-0.15, -0.1) is 0 Å². The van der Waals surface area contributed by atoms with E-state index in [4.69, 9.17) is 4.52 Å². The van der Waals surface area contributed by atoms with Crippen molar-refractivity contribution in [2.24, 2.45) is 0 Å². The molecule has 0 aliphatic heterocycles. The van der Waals surface area contributed by atoms with Gasteiger partial charge in [-0.3, -0.25) is 4.79 Å². The lowest BCUT2D eigenvalue weighted by Crippen LogP contribution is -2.26. The summed E-state index contributed by atoms with van der Waals surface area (Å²) in [7, 11) is 1.55. The Morgan fingerprint density at radius 2 is 1.90 bits per heavy atom. The van der Waals surface area contributed by atoms with Gasteiger partial charge in [0.15, 0.2) is 5.69 Å². The molecule has 2 aromatic rings. The third-order valence-electron chi connectivity index (χ3n) is 2.89. The number of amides is 1. The minimum Gasteiger partial charge on any atom is -0.361 e. The third-order valence-corrected chi connectivity index (χ3v) is 2.89. The molecule has 21 heavy (non-hydrogen) atoms. The topological polar surface area (TPSA) is 46.3 Å². The van der Waals surface area contributed by atoms with Gasteiger partial charge < -0.3 is 9.42 Å². The number of carbonyl (C=O) groups is 1. The summed E-state index contributed by atoms with van der Waals surface area (Å²) in [6.45, 7) is 1.85. The number of nitrogens with zero attached hydrogens (tertiary/aromatic N) is 2. The largest absolute Gasteiger partial charge is 0.416 e. The summed E-state index contributed by atoms with van der Waals surface area (Å²) in [4.78, 5) is 13.4. The van der Waals surface area contributed by atoms with Crippen molar-refractivity contribution in [2.45, 2.75) is 19.6 Å². The summed E-state index contributed by atoms with van der Waals surface area (Å²) in [6, 6.07) is 6.19. The second-order valence-corrected chi connectivity index (χ2v) is 4.68. The maximum atomic E-state index is 12.5. The quantitative estimate of drug-likeness (QED) is 0.873. The Morgan fingerprint density at radius 3 is 2.38 bits per heavy atom. The molecule has 0 radical (unpaired) electrons. The number of hydrogen-bond donors (Lipinski definition) is 0. The van der Waals surface area contributed by atoms with E-state index in [0.29, 0.717) is 11.3 Å². The molecule has 4 nitrogen and oxygen atoms in total. The molecule has 0 atom stereocenters. The van der Waals surface area contributed by atoms with E-state index in [-0.39, 0.29) is 18.1 Å². The number of halogens is 3. The van der Waals surface area contributed by atoms with E-state index in [1.165, 1.54) is 23.1 Å². The van der Waals surface area contributed by atoms with Crippen LogP contribution in [0, 0.1) is 6.92 Å². The summed E-state index contributed by atoms with van der Waals surface area (Å²) in [6.07, 6.45) is -4.36. The zero-order valence-corrected chi connectivity index (χ0v) is 11.4. The highest BCUT2D eigenvalue weighted by Crippen LogP contribution is 2.29. The van der Waals surface area contributed by atoms with Gasteiger partial charge in [-0.25, -0.2) is 0 Å². The highest BCUT2D eigenvalue weighted by Gasteiger charge is 2.30. The smallest absolute Gasteiger partial charge is 0.361 e. The Balaban J connectivity index is 2.06. The van der Waals surface area contributed by atoms with E-state index in [2.05, 4.69) is 5.16 Å². The van der Waals surface area contributed by atoms with Crippen LogP contribution in [0.15, 0.2) is 34.9 Å². The molecule has 0 bridgehead atoms. The number of carbonyl (C=O) groups excluding carboxylic acids is 1. The lowest BCUT2D eigenvalue weighted by Gasteiger charge is -2.16. The van der Waals surface area contributed by atoms with Crippen molar-refractivity contribution in [3.05, 3.63) is 52.9 Å². The van der Waals surface area contributed by atoms with E-state index < -0.39 is 11.7 Å². The molecule has 1 aromatic heterocycles. The minimum absolute atomic E-state index is 0.168.